The Kier molecular flexibility index (Phi) is 5.77. The number of hydrogen-bond donors (Lipinski definition) is 2. The molecule has 3 N–H and O–H groups in total. The molecule has 9 nitrogen and oxygen atoms in total. The first-order valence-electron chi connectivity index (χ1n) is 10.4. The van der Waals surface area contributed by atoms with Crippen molar-refractivity contribution in [1.29, 1.82) is 5.41 Å². The van der Waals surface area contributed by atoms with Gasteiger partial charge in [0.2, 0.25) is 5.91 Å². The minimum atomic E-state index is -0.115. The number of methoxy groups -OCH3 is 1. The van der Waals surface area contributed by atoms with Gasteiger partial charge >= 0.3 is 0 Å². The number of nitrogens with one attached hydrogen (secondary N) is 1. The Hall–Kier alpha value is -3.20. The van der Waals surface area contributed by atoms with E-state index in [1.165, 1.54) is 6.33 Å². The quantitative estimate of drug-likeness (QED) is 0.489. The second kappa shape index (κ2) is 8.50. The van der Waals surface area contributed by atoms with Crippen molar-refractivity contribution in [3.05, 3.63) is 41.9 Å². The van der Waals surface area contributed by atoms with Crippen LogP contribution in [0.4, 0.5) is 11.5 Å². The van der Waals surface area contributed by atoms with Crippen molar-refractivity contribution in [2.45, 2.75) is 25.4 Å². The first kappa shape index (κ1) is 21.0. The van der Waals surface area contributed by atoms with E-state index in [-0.39, 0.29) is 23.8 Å². The van der Waals surface area contributed by atoms with Crippen molar-refractivity contribution in [3.63, 3.8) is 0 Å². The van der Waals surface area contributed by atoms with E-state index in [1.54, 1.807) is 30.2 Å². The van der Waals surface area contributed by atoms with Gasteiger partial charge in [-0.05, 0) is 38.0 Å². The molecule has 0 spiro atoms. The first-order chi connectivity index (χ1) is 14.9. The van der Waals surface area contributed by atoms with E-state index in [1.807, 2.05) is 11.0 Å². The van der Waals surface area contributed by atoms with Crippen molar-refractivity contribution in [1.82, 2.24) is 14.9 Å². The monoisotopic (exact) mass is 424 g/mol. The van der Waals surface area contributed by atoms with Crippen LogP contribution in [0.15, 0.2) is 30.6 Å². The molecule has 1 saturated carbocycles. The summed E-state index contributed by atoms with van der Waals surface area (Å²) in [6.45, 7) is 4.66. The molecule has 0 bridgehead atoms. The molecule has 1 aromatic heterocycles. The van der Waals surface area contributed by atoms with Gasteiger partial charge in [-0.15, -0.1) is 0 Å². The van der Waals surface area contributed by atoms with Gasteiger partial charge in [-0.1, -0.05) is 0 Å². The highest BCUT2D eigenvalue weighted by atomic mass is 16.5. The molecule has 4 rings (SSSR count). The lowest BCUT2D eigenvalue weighted by Gasteiger charge is -2.34. The van der Waals surface area contributed by atoms with Crippen molar-refractivity contribution in [2.24, 2.45) is 0 Å². The van der Waals surface area contributed by atoms with Gasteiger partial charge in [0.25, 0.3) is 0 Å². The van der Waals surface area contributed by atoms with Crippen LogP contribution >= 0.6 is 0 Å². The van der Waals surface area contributed by atoms with E-state index >= 15 is 0 Å². The van der Waals surface area contributed by atoms with Crippen LogP contribution in [0.5, 0.6) is 5.75 Å². The number of carbonyl (C=O) groups is 1. The zero-order chi connectivity index (χ0) is 22.0. The number of benzene rings is 1. The number of piperazine rings is 1. The number of rotatable bonds is 8. The number of nitrogens with zero attached hydrogens (tertiary/aromatic N) is 4. The molecule has 2 fully saturated rings. The Bertz CT molecular complexity index is 991. The standard InChI is InChI=1S/C22H28N6O3/c1-22(5-6-22)31-15-3-4-17(23)16(11-15)21(24)18-12-19(26-14-25-18)28-8-7-27(9-10-30-2)20(29)13-28/h3-4,11-12,14,24H,5-10,13,23H2,1-2H3. The zero-order valence-electron chi connectivity index (χ0n) is 17.9. The molecular weight excluding hydrogens is 396 g/mol. The lowest BCUT2D eigenvalue weighted by atomic mass is 10.0. The summed E-state index contributed by atoms with van der Waals surface area (Å²) in [6, 6.07) is 7.11. The van der Waals surface area contributed by atoms with E-state index in [9.17, 15) is 4.79 Å². The number of ether oxygens (including phenoxy) is 2. The summed E-state index contributed by atoms with van der Waals surface area (Å²) in [6.07, 6.45) is 3.47. The minimum Gasteiger partial charge on any atom is -0.488 e. The predicted molar refractivity (Wildman–Crippen MR) is 118 cm³/mol. The summed E-state index contributed by atoms with van der Waals surface area (Å²) >= 11 is 0. The fraction of sp³-hybridized carbons (Fsp3) is 0.455. The van der Waals surface area contributed by atoms with E-state index in [0.29, 0.717) is 54.8 Å². The number of aromatic nitrogens is 2. The van der Waals surface area contributed by atoms with E-state index < -0.39 is 0 Å². The maximum absolute atomic E-state index is 12.4. The van der Waals surface area contributed by atoms with Gasteiger partial charge in [0.15, 0.2) is 0 Å². The highest BCUT2D eigenvalue weighted by Gasteiger charge is 2.40. The number of anilines is 2. The predicted octanol–water partition coefficient (Wildman–Crippen LogP) is 1.70. The lowest BCUT2D eigenvalue weighted by Crippen LogP contribution is -2.51. The summed E-state index contributed by atoms with van der Waals surface area (Å²) in [5.41, 5.74) is 7.72. The maximum Gasteiger partial charge on any atom is 0.242 e. The van der Waals surface area contributed by atoms with Crippen LogP contribution in [0.3, 0.4) is 0 Å². The van der Waals surface area contributed by atoms with Crippen molar-refractivity contribution < 1.29 is 14.3 Å². The molecule has 0 radical (unpaired) electrons. The number of amides is 1. The van der Waals surface area contributed by atoms with Crippen molar-refractivity contribution in [3.8, 4) is 5.75 Å². The smallest absolute Gasteiger partial charge is 0.242 e. The molecule has 1 saturated heterocycles. The SMILES string of the molecule is COCCN1CCN(c2cc(C(=N)c3cc(OC4(C)CC4)ccc3N)ncn2)CC1=O. The van der Waals surface area contributed by atoms with Crippen molar-refractivity contribution in [2.75, 3.05) is 50.5 Å². The Morgan fingerprint density at radius 2 is 2.06 bits per heavy atom. The number of nitrogen functional groups attached to an aromatic ring is 1. The number of hydrogen-bond acceptors (Lipinski definition) is 8. The van der Waals surface area contributed by atoms with E-state index in [4.69, 9.17) is 20.6 Å². The molecule has 164 valence electrons. The van der Waals surface area contributed by atoms with Gasteiger partial charge in [0, 0.05) is 44.1 Å². The average Bonchev–Trinajstić information content (AvgIpc) is 3.50. The fourth-order valence-electron chi connectivity index (χ4n) is 3.51. The Morgan fingerprint density at radius 3 is 2.77 bits per heavy atom. The number of carbonyl (C=O) groups excluding carboxylic acids is 1. The van der Waals surface area contributed by atoms with Crippen LogP contribution in [0, 0.1) is 5.41 Å². The van der Waals surface area contributed by atoms with Crippen LogP contribution in [0.25, 0.3) is 0 Å². The maximum atomic E-state index is 12.4. The van der Waals surface area contributed by atoms with Gasteiger partial charge in [0.05, 0.1) is 24.6 Å². The third-order valence-corrected chi connectivity index (χ3v) is 5.73. The van der Waals surface area contributed by atoms with Gasteiger partial charge in [-0.25, -0.2) is 9.97 Å². The normalized spacial score (nSPS) is 17.5. The highest BCUT2D eigenvalue weighted by Crippen LogP contribution is 2.40. The third kappa shape index (κ3) is 4.77. The van der Waals surface area contributed by atoms with Crippen molar-refractivity contribution >= 4 is 23.1 Å². The molecule has 2 aliphatic rings. The fourth-order valence-corrected chi connectivity index (χ4v) is 3.51. The first-order valence-corrected chi connectivity index (χ1v) is 10.4. The minimum absolute atomic E-state index is 0.0289. The highest BCUT2D eigenvalue weighted by molar-refractivity contribution is 6.13. The third-order valence-electron chi connectivity index (χ3n) is 5.73. The Morgan fingerprint density at radius 1 is 1.26 bits per heavy atom. The summed E-state index contributed by atoms with van der Waals surface area (Å²) in [5.74, 6) is 1.34. The Balaban J connectivity index is 1.50. The van der Waals surface area contributed by atoms with Gasteiger partial charge in [-0.3, -0.25) is 10.2 Å². The number of nitrogens with two attached hydrogens (primary N) is 1. The summed E-state index contributed by atoms with van der Waals surface area (Å²) in [4.78, 5) is 24.7. The molecule has 2 heterocycles. The molecule has 2 aromatic rings. The molecule has 1 aromatic carbocycles. The molecule has 1 amide bonds. The largest absolute Gasteiger partial charge is 0.488 e. The zero-order valence-corrected chi connectivity index (χ0v) is 17.9. The molecule has 9 heteroatoms. The van der Waals surface area contributed by atoms with Gasteiger partial charge < -0.3 is 25.0 Å². The second-order valence-corrected chi connectivity index (χ2v) is 8.23. The molecule has 1 aliphatic heterocycles. The van der Waals surface area contributed by atoms with Crippen LogP contribution in [0.1, 0.15) is 31.0 Å². The Labute approximate surface area is 181 Å². The summed E-state index contributed by atoms with van der Waals surface area (Å²) < 4.78 is 11.1. The van der Waals surface area contributed by atoms with E-state index in [0.717, 1.165) is 12.8 Å². The van der Waals surface area contributed by atoms with Crippen LogP contribution in [-0.2, 0) is 9.53 Å². The average molecular weight is 425 g/mol. The van der Waals surface area contributed by atoms with Crippen LogP contribution in [-0.4, -0.2) is 72.0 Å². The molecular formula is C22H28N6O3. The van der Waals surface area contributed by atoms with Gasteiger partial charge in [0.1, 0.15) is 23.5 Å². The summed E-state index contributed by atoms with van der Waals surface area (Å²) in [7, 11) is 1.62. The second-order valence-electron chi connectivity index (χ2n) is 8.23. The lowest BCUT2D eigenvalue weighted by molar-refractivity contribution is -0.131. The molecule has 31 heavy (non-hydrogen) atoms. The molecule has 0 unspecified atom stereocenters. The van der Waals surface area contributed by atoms with Crippen LogP contribution in [0.2, 0.25) is 0 Å². The summed E-state index contributed by atoms with van der Waals surface area (Å²) in [5, 5.41) is 8.68. The topological polar surface area (TPSA) is 118 Å². The molecule has 1 aliphatic carbocycles. The molecule has 0 atom stereocenters. The van der Waals surface area contributed by atoms with Gasteiger partial charge in [-0.2, -0.15) is 0 Å². The van der Waals surface area contributed by atoms with E-state index in [2.05, 4.69) is 16.9 Å². The van der Waals surface area contributed by atoms with Crippen LogP contribution < -0.4 is 15.4 Å².